The molecule has 1 N–H and O–H groups in total. The Morgan fingerprint density at radius 2 is 2.11 bits per heavy atom. The molecule has 0 spiro atoms. The Bertz CT molecular complexity index is 388. The van der Waals surface area contributed by atoms with Gasteiger partial charge in [-0.2, -0.15) is 0 Å². The predicted molar refractivity (Wildman–Crippen MR) is 71.4 cm³/mol. The van der Waals surface area contributed by atoms with Gasteiger partial charge in [0.2, 0.25) is 0 Å². The highest BCUT2D eigenvalue weighted by molar-refractivity contribution is 5.31. The highest BCUT2D eigenvalue weighted by Gasteiger charge is 2.18. The highest BCUT2D eigenvalue weighted by Crippen LogP contribution is 2.25. The average Bonchev–Trinajstić information content (AvgIpc) is 2.84. The maximum absolute atomic E-state index is 13.8. The van der Waals surface area contributed by atoms with Gasteiger partial charge >= 0.3 is 0 Å². The lowest BCUT2D eigenvalue weighted by atomic mass is 10.1. The molecule has 0 aromatic heterocycles. The van der Waals surface area contributed by atoms with Crippen molar-refractivity contribution in [2.45, 2.75) is 51.6 Å². The van der Waals surface area contributed by atoms with E-state index in [4.69, 9.17) is 4.74 Å². The minimum atomic E-state index is -0.269. The fourth-order valence-corrected chi connectivity index (χ4v) is 2.60. The molecular weight excluding hydrogens is 229 g/mol. The van der Waals surface area contributed by atoms with Crippen LogP contribution in [0.1, 0.15) is 51.1 Å². The fraction of sp³-hybridized carbons (Fsp3) is 0.600. The quantitative estimate of drug-likeness (QED) is 0.859. The fourth-order valence-electron chi connectivity index (χ4n) is 2.60. The Hall–Kier alpha value is -1.09. The zero-order valence-electron chi connectivity index (χ0n) is 11.2. The van der Waals surface area contributed by atoms with Crippen molar-refractivity contribution >= 4 is 0 Å². The van der Waals surface area contributed by atoms with Gasteiger partial charge in [0, 0.05) is 12.1 Å². The van der Waals surface area contributed by atoms with Crippen LogP contribution in [0.4, 0.5) is 4.39 Å². The van der Waals surface area contributed by atoms with Gasteiger partial charge in [0.25, 0.3) is 0 Å². The largest absolute Gasteiger partial charge is 0.491 e. The first-order valence-corrected chi connectivity index (χ1v) is 6.89. The Morgan fingerprint density at radius 3 is 2.72 bits per heavy atom. The Kier molecular flexibility index (Phi) is 4.59. The number of ether oxygens (including phenoxy) is 1. The summed E-state index contributed by atoms with van der Waals surface area (Å²) in [6, 6.07) is 6.03. The minimum Gasteiger partial charge on any atom is -0.491 e. The third-order valence-electron chi connectivity index (χ3n) is 3.60. The summed E-state index contributed by atoms with van der Waals surface area (Å²) in [5.41, 5.74) is 0.989. The van der Waals surface area contributed by atoms with Crippen LogP contribution < -0.4 is 10.1 Å². The normalized spacial score (nSPS) is 17.9. The first-order chi connectivity index (χ1) is 8.70. The molecule has 1 aliphatic rings. The van der Waals surface area contributed by atoms with Crippen molar-refractivity contribution in [1.82, 2.24) is 5.32 Å². The van der Waals surface area contributed by atoms with Crippen LogP contribution >= 0.6 is 0 Å². The van der Waals surface area contributed by atoms with Gasteiger partial charge in [0.15, 0.2) is 11.6 Å². The molecule has 0 aliphatic heterocycles. The van der Waals surface area contributed by atoms with E-state index in [1.165, 1.54) is 25.7 Å². The first kappa shape index (κ1) is 13.3. The molecule has 1 aliphatic carbocycles. The second-order valence-corrected chi connectivity index (χ2v) is 4.99. The summed E-state index contributed by atoms with van der Waals surface area (Å²) >= 11 is 0. The summed E-state index contributed by atoms with van der Waals surface area (Å²) < 4.78 is 19.0. The minimum absolute atomic E-state index is 0.193. The molecule has 18 heavy (non-hydrogen) atoms. The molecule has 2 rings (SSSR count). The van der Waals surface area contributed by atoms with Crippen LogP contribution in [0.2, 0.25) is 0 Å². The molecule has 0 radical (unpaired) electrons. The second kappa shape index (κ2) is 6.19. The molecule has 0 saturated heterocycles. The zero-order chi connectivity index (χ0) is 13.0. The van der Waals surface area contributed by atoms with Gasteiger partial charge in [-0.25, -0.2) is 4.39 Å². The van der Waals surface area contributed by atoms with E-state index in [9.17, 15) is 4.39 Å². The van der Waals surface area contributed by atoms with E-state index in [0.29, 0.717) is 18.4 Å². The van der Waals surface area contributed by atoms with Crippen LogP contribution in [-0.2, 0) is 0 Å². The van der Waals surface area contributed by atoms with Crippen molar-refractivity contribution in [3.63, 3.8) is 0 Å². The zero-order valence-corrected chi connectivity index (χ0v) is 11.2. The maximum Gasteiger partial charge on any atom is 0.165 e. The molecule has 0 heterocycles. The highest BCUT2D eigenvalue weighted by atomic mass is 19.1. The van der Waals surface area contributed by atoms with Crippen molar-refractivity contribution in [3.8, 4) is 5.75 Å². The molecule has 0 amide bonds. The van der Waals surface area contributed by atoms with Crippen LogP contribution in [0.5, 0.6) is 5.75 Å². The molecule has 1 saturated carbocycles. The van der Waals surface area contributed by atoms with E-state index in [1.807, 2.05) is 13.0 Å². The van der Waals surface area contributed by atoms with Gasteiger partial charge < -0.3 is 10.1 Å². The molecular formula is C15H22FNO. The smallest absolute Gasteiger partial charge is 0.165 e. The maximum atomic E-state index is 13.8. The van der Waals surface area contributed by atoms with Gasteiger partial charge in [-0.15, -0.1) is 0 Å². The van der Waals surface area contributed by atoms with E-state index >= 15 is 0 Å². The topological polar surface area (TPSA) is 21.3 Å². The number of hydrogen-bond donors (Lipinski definition) is 1. The molecule has 2 nitrogen and oxygen atoms in total. The molecule has 1 aromatic carbocycles. The summed E-state index contributed by atoms with van der Waals surface area (Å²) in [7, 11) is 0. The second-order valence-electron chi connectivity index (χ2n) is 4.99. The number of benzene rings is 1. The SMILES string of the molecule is CCOc1ccc([C@@H](C)NC2CCCC2)cc1F. The van der Waals surface area contributed by atoms with Crippen LogP contribution in [-0.4, -0.2) is 12.6 Å². The van der Waals surface area contributed by atoms with Crippen molar-refractivity contribution < 1.29 is 9.13 Å². The number of nitrogens with one attached hydrogen (secondary N) is 1. The Morgan fingerprint density at radius 1 is 1.39 bits per heavy atom. The third-order valence-corrected chi connectivity index (χ3v) is 3.60. The third kappa shape index (κ3) is 3.22. The van der Waals surface area contributed by atoms with Crippen LogP contribution in [0.3, 0.4) is 0 Å². The number of halogens is 1. The Labute approximate surface area is 109 Å². The van der Waals surface area contributed by atoms with Crippen molar-refractivity contribution in [1.29, 1.82) is 0 Å². The molecule has 0 bridgehead atoms. The molecule has 3 heteroatoms. The van der Waals surface area contributed by atoms with Crippen LogP contribution in [0.25, 0.3) is 0 Å². The summed E-state index contributed by atoms with van der Waals surface area (Å²) in [5, 5.41) is 3.57. The van der Waals surface area contributed by atoms with E-state index in [2.05, 4.69) is 12.2 Å². The average molecular weight is 251 g/mol. The van der Waals surface area contributed by atoms with Gasteiger partial charge in [-0.3, -0.25) is 0 Å². The van der Waals surface area contributed by atoms with E-state index in [0.717, 1.165) is 5.56 Å². The molecule has 0 unspecified atom stereocenters. The lowest BCUT2D eigenvalue weighted by Gasteiger charge is -2.20. The summed E-state index contributed by atoms with van der Waals surface area (Å²) in [6.07, 6.45) is 5.09. The summed E-state index contributed by atoms with van der Waals surface area (Å²) in [5.74, 6) is 0.0729. The lowest BCUT2D eigenvalue weighted by Crippen LogP contribution is -2.28. The molecule has 1 fully saturated rings. The van der Waals surface area contributed by atoms with Gasteiger partial charge in [0.1, 0.15) is 0 Å². The van der Waals surface area contributed by atoms with E-state index in [1.54, 1.807) is 12.1 Å². The summed E-state index contributed by atoms with van der Waals surface area (Å²) in [4.78, 5) is 0. The predicted octanol–water partition coefficient (Wildman–Crippen LogP) is 3.82. The van der Waals surface area contributed by atoms with E-state index in [-0.39, 0.29) is 11.9 Å². The standard InChI is InChI=1S/C15H22FNO/c1-3-18-15-9-8-12(10-14(15)16)11(2)17-13-6-4-5-7-13/h8-11,13,17H,3-7H2,1-2H3/t11-/m1/s1. The van der Waals surface area contributed by atoms with Crippen molar-refractivity contribution in [2.24, 2.45) is 0 Å². The summed E-state index contributed by atoms with van der Waals surface area (Å²) in [6.45, 7) is 4.44. The van der Waals surface area contributed by atoms with Crippen molar-refractivity contribution in [2.75, 3.05) is 6.61 Å². The number of rotatable bonds is 5. The Balaban J connectivity index is 2.01. The van der Waals surface area contributed by atoms with Crippen LogP contribution in [0.15, 0.2) is 18.2 Å². The van der Waals surface area contributed by atoms with Crippen molar-refractivity contribution in [3.05, 3.63) is 29.6 Å². The molecule has 1 aromatic rings. The van der Waals surface area contributed by atoms with Crippen LogP contribution in [0, 0.1) is 5.82 Å². The molecule has 100 valence electrons. The monoisotopic (exact) mass is 251 g/mol. The lowest BCUT2D eigenvalue weighted by molar-refractivity contribution is 0.321. The first-order valence-electron chi connectivity index (χ1n) is 6.89. The van der Waals surface area contributed by atoms with Gasteiger partial charge in [0.05, 0.1) is 6.61 Å². The van der Waals surface area contributed by atoms with E-state index < -0.39 is 0 Å². The molecule has 1 atom stereocenters. The van der Waals surface area contributed by atoms with Gasteiger partial charge in [-0.05, 0) is 44.4 Å². The number of hydrogen-bond acceptors (Lipinski definition) is 2. The van der Waals surface area contributed by atoms with Gasteiger partial charge in [-0.1, -0.05) is 18.9 Å².